The van der Waals surface area contributed by atoms with E-state index in [-0.39, 0.29) is 5.92 Å². The fourth-order valence-electron chi connectivity index (χ4n) is 3.42. The second-order valence-corrected chi connectivity index (χ2v) is 8.55. The lowest BCUT2D eigenvalue weighted by atomic mass is 9.89. The molecule has 0 saturated carbocycles. The maximum absolute atomic E-state index is 3.64. The van der Waals surface area contributed by atoms with Gasteiger partial charge in [-0.05, 0) is 60.9 Å². The zero-order valence-corrected chi connectivity index (χ0v) is 16.7. The molecule has 0 fully saturated rings. The van der Waals surface area contributed by atoms with Crippen molar-refractivity contribution in [2.75, 3.05) is 0 Å². The molecule has 1 nitrogen and oxygen atoms in total. The molecule has 25 heavy (non-hydrogen) atoms. The van der Waals surface area contributed by atoms with Crippen LogP contribution in [-0.4, -0.2) is 4.98 Å². The van der Waals surface area contributed by atoms with Crippen molar-refractivity contribution in [3.05, 3.63) is 91.7 Å². The monoisotopic (exact) mass is 409 g/mol. The van der Waals surface area contributed by atoms with Crippen molar-refractivity contribution >= 4 is 38.2 Å². The number of hydrogen-bond donors (Lipinski definition) is 1. The van der Waals surface area contributed by atoms with Gasteiger partial charge in [-0.2, -0.15) is 0 Å². The van der Waals surface area contributed by atoms with Gasteiger partial charge in [0, 0.05) is 37.2 Å². The van der Waals surface area contributed by atoms with Crippen LogP contribution in [-0.2, 0) is 6.42 Å². The van der Waals surface area contributed by atoms with E-state index in [0.29, 0.717) is 0 Å². The van der Waals surface area contributed by atoms with Crippen molar-refractivity contribution in [2.45, 2.75) is 26.2 Å². The van der Waals surface area contributed by atoms with Crippen molar-refractivity contribution in [3.8, 4) is 0 Å². The lowest BCUT2D eigenvalue weighted by Crippen LogP contribution is -2.01. The summed E-state index contributed by atoms with van der Waals surface area (Å²) in [5.74, 6) is 0.248. The molecule has 0 unspecified atom stereocenters. The highest BCUT2D eigenvalue weighted by molar-refractivity contribution is 9.10. The van der Waals surface area contributed by atoms with Crippen LogP contribution in [0.1, 0.15) is 39.3 Å². The molecular formula is C22H20BrNS. The summed E-state index contributed by atoms with van der Waals surface area (Å²) >= 11 is 5.57. The first kappa shape index (κ1) is 16.6. The van der Waals surface area contributed by atoms with Gasteiger partial charge in [-0.3, -0.25) is 0 Å². The number of H-pyrrole nitrogens is 1. The Morgan fingerprint density at radius 1 is 1.08 bits per heavy atom. The van der Waals surface area contributed by atoms with E-state index >= 15 is 0 Å². The average Bonchev–Trinajstić information content (AvgIpc) is 3.23. The van der Waals surface area contributed by atoms with Crippen LogP contribution in [0.5, 0.6) is 0 Å². The van der Waals surface area contributed by atoms with Crippen LogP contribution in [0, 0.1) is 6.92 Å². The minimum Gasteiger partial charge on any atom is -0.361 e. The van der Waals surface area contributed by atoms with Gasteiger partial charge in [-0.15, -0.1) is 11.3 Å². The molecule has 2 aromatic carbocycles. The number of aromatic amines is 1. The number of rotatable bonds is 4. The third kappa shape index (κ3) is 3.19. The Bertz CT molecular complexity index is 1030. The van der Waals surface area contributed by atoms with Crippen molar-refractivity contribution < 1.29 is 0 Å². The molecule has 0 bridgehead atoms. The lowest BCUT2D eigenvalue weighted by molar-refractivity contribution is 1.01. The van der Waals surface area contributed by atoms with Gasteiger partial charge in [0.2, 0.25) is 0 Å². The summed E-state index contributed by atoms with van der Waals surface area (Å²) in [5.41, 5.74) is 5.16. The first-order valence-electron chi connectivity index (χ1n) is 8.57. The molecule has 0 aliphatic rings. The topological polar surface area (TPSA) is 15.8 Å². The summed E-state index contributed by atoms with van der Waals surface area (Å²) in [6.45, 7) is 4.38. The molecular weight excluding hydrogens is 390 g/mol. The van der Waals surface area contributed by atoms with Gasteiger partial charge in [0.05, 0.1) is 0 Å². The third-order valence-corrected chi connectivity index (χ3v) is 6.47. The number of benzene rings is 2. The highest BCUT2D eigenvalue weighted by Crippen LogP contribution is 2.40. The van der Waals surface area contributed by atoms with E-state index < -0.39 is 0 Å². The zero-order valence-electron chi connectivity index (χ0n) is 14.3. The van der Waals surface area contributed by atoms with Crippen molar-refractivity contribution in [3.63, 3.8) is 0 Å². The number of aromatic nitrogens is 1. The minimum absolute atomic E-state index is 0.248. The molecule has 0 radical (unpaired) electrons. The van der Waals surface area contributed by atoms with E-state index in [1.807, 2.05) is 11.3 Å². The highest BCUT2D eigenvalue weighted by atomic mass is 79.9. The van der Waals surface area contributed by atoms with E-state index in [1.54, 1.807) is 0 Å². The van der Waals surface area contributed by atoms with Gasteiger partial charge in [0.1, 0.15) is 0 Å². The largest absolute Gasteiger partial charge is 0.361 e. The number of thiophene rings is 1. The highest BCUT2D eigenvalue weighted by Gasteiger charge is 2.22. The summed E-state index contributed by atoms with van der Waals surface area (Å²) < 4.78 is 1.12. The SMILES string of the molecule is CCc1ccc([C@H](c2cccc(Br)c2)c2c[nH]c3ccc(C)cc23)s1. The van der Waals surface area contributed by atoms with E-state index in [2.05, 4.69) is 95.6 Å². The summed E-state index contributed by atoms with van der Waals surface area (Å²) in [7, 11) is 0. The Kier molecular flexibility index (Phi) is 4.53. The van der Waals surface area contributed by atoms with Crippen LogP contribution in [0.3, 0.4) is 0 Å². The Morgan fingerprint density at radius 3 is 2.72 bits per heavy atom. The van der Waals surface area contributed by atoms with Crippen LogP contribution in [0.4, 0.5) is 0 Å². The molecule has 126 valence electrons. The zero-order chi connectivity index (χ0) is 17.4. The number of aryl methyl sites for hydroxylation is 2. The first-order valence-corrected chi connectivity index (χ1v) is 10.2. The molecule has 1 N–H and O–H groups in total. The second-order valence-electron chi connectivity index (χ2n) is 6.44. The van der Waals surface area contributed by atoms with Gasteiger partial charge < -0.3 is 4.98 Å². The molecule has 0 saturated heterocycles. The number of hydrogen-bond acceptors (Lipinski definition) is 1. The molecule has 1 atom stereocenters. The molecule has 3 heteroatoms. The molecule has 0 amide bonds. The van der Waals surface area contributed by atoms with Crippen LogP contribution in [0.15, 0.2) is 65.3 Å². The smallest absolute Gasteiger partial charge is 0.0457 e. The number of nitrogens with one attached hydrogen (secondary N) is 1. The van der Waals surface area contributed by atoms with Gasteiger partial charge in [0.15, 0.2) is 0 Å². The van der Waals surface area contributed by atoms with E-state index in [9.17, 15) is 0 Å². The fourth-order valence-corrected chi connectivity index (χ4v) is 4.93. The molecule has 2 aromatic heterocycles. The van der Waals surface area contributed by atoms with Crippen molar-refractivity contribution in [1.29, 1.82) is 0 Å². The summed E-state index contributed by atoms with van der Waals surface area (Å²) in [6, 6.07) is 19.9. The predicted octanol–water partition coefficient (Wildman–Crippen LogP) is 7.04. The van der Waals surface area contributed by atoms with Crippen LogP contribution in [0.2, 0.25) is 0 Å². The maximum Gasteiger partial charge on any atom is 0.0457 e. The standard InChI is InChI=1S/C22H20BrNS/c1-3-17-8-10-21(25-17)22(15-5-4-6-16(23)12-15)19-13-24-20-9-7-14(2)11-18(19)20/h4-13,22,24H,3H2,1-2H3/t22-/m1/s1. The molecule has 2 heterocycles. The normalized spacial score (nSPS) is 12.6. The molecule has 0 aliphatic heterocycles. The lowest BCUT2D eigenvalue weighted by Gasteiger charge is -2.16. The van der Waals surface area contributed by atoms with Crippen molar-refractivity contribution in [2.24, 2.45) is 0 Å². The fraction of sp³-hybridized carbons (Fsp3) is 0.182. The number of halogens is 1. The third-order valence-electron chi connectivity index (χ3n) is 4.68. The molecule has 0 aliphatic carbocycles. The van der Waals surface area contributed by atoms with Gasteiger partial charge in [-0.1, -0.05) is 46.6 Å². The summed E-state index contributed by atoms with van der Waals surface area (Å²) in [4.78, 5) is 6.30. The van der Waals surface area contributed by atoms with Crippen LogP contribution >= 0.6 is 27.3 Å². The van der Waals surface area contributed by atoms with Crippen LogP contribution < -0.4 is 0 Å². The minimum atomic E-state index is 0.248. The quantitative estimate of drug-likeness (QED) is 0.371. The summed E-state index contributed by atoms with van der Waals surface area (Å²) in [6.07, 6.45) is 3.27. The Hall–Kier alpha value is -1.84. The second kappa shape index (κ2) is 6.81. The average molecular weight is 410 g/mol. The van der Waals surface area contributed by atoms with E-state index in [1.165, 1.54) is 37.3 Å². The molecule has 4 rings (SSSR count). The number of fused-ring (bicyclic) bond motifs is 1. The maximum atomic E-state index is 3.64. The Balaban J connectivity index is 1.94. The van der Waals surface area contributed by atoms with E-state index in [4.69, 9.17) is 0 Å². The van der Waals surface area contributed by atoms with Crippen molar-refractivity contribution in [1.82, 2.24) is 4.98 Å². The Morgan fingerprint density at radius 2 is 1.96 bits per heavy atom. The molecule has 4 aromatic rings. The van der Waals surface area contributed by atoms with Gasteiger partial charge in [0.25, 0.3) is 0 Å². The van der Waals surface area contributed by atoms with Crippen LogP contribution in [0.25, 0.3) is 10.9 Å². The first-order chi connectivity index (χ1) is 12.2. The van der Waals surface area contributed by atoms with Gasteiger partial charge in [-0.25, -0.2) is 0 Å². The van der Waals surface area contributed by atoms with Gasteiger partial charge >= 0.3 is 0 Å². The predicted molar refractivity (Wildman–Crippen MR) is 112 cm³/mol. The summed E-state index contributed by atoms with van der Waals surface area (Å²) in [5, 5.41) is 1.32. The van der Waals surface area contributed by atoms with E-state index in [0.717, 1.165) is 10.9 Å². The Labute approximate surface area is 160 Å². The molecule has 0 spiro atoms.